The standard InChI is InChI=1S/C16H23N3O2/c1-12(2)9-17-10-13-11-19(8-6-15(20)21-3)16-14(13)5-4-7-18-16/h4-5,7,11-12,17H,6,8-10H2,1-3H3. The molecule has 0 unspecified atom stereocenters. The number of nitrogens with one attached hydrogen (secondary N) is 1. The number of hydrogen-bond acceptors (Lipinski definition) is 4. The second kappa shape index (κ2) is 7.22. The number of aryl methyl sites for hydroxylation is 1. The fourth-order valence-corrected chi connectivity index (χ4v) is 2.32. The van der Waals surface area contributed by atoms with Crippen LogP contribution in [-0.4, -0.2) is 29.2 Å². The Morgan fingerprint density at radius 3 is 3.00 bits per heavy atom. The molecular weight excluding hydrogens is 266 g/mol. The molecule has 5 nitrogen and oxygen atoms in total. The van der Waals surface area contributed by atoms with Crippen molar-refractivity contribution in [3.05, 3.63) is 30.1 Å². The van der Waals surface area contributed by atoms with E-state index in [1.54, 1.807) is 6.20 Å². The van der Waals surface area contributed by atoms with E-state index in [0.717, 1.165) is 24.1 Å². The fraction of sp³-hybridized carbons (Fsp3) is 0.500. The Kier molecular flexibility index (Phi) is 5.33. The first kappa shape index (κ1) is 15.5. The molecule has 114 valence electrons. The number of nitrogens with zero attached hydrogens (tertiary/aromatic N) is 2. The maximum Gasteiger partial charge on any atom is 0.307 e. The fourth-order valence-electron chi connectivity index (χ4n) is 2.32. The van der Waals surface area contributed by atoms with Gasteiger partial charge in [0.15, 0.2) is 0 Å². The zero-order valence-electron chi connectivity index (χ0n) is 12.9. The summed E-state index contributed by atoms with van der Waals surface area (Å²) < 4.78 is 6.72. The minimum absolute atomic E-state index is 0.202. The predicted octanol–water partition coefficient (Wildman–Crippen LogP) is 2.35. The summed E-state index contributed by atoms with van der Waals surface area (Å²) in [6, 6.07) is 4.02. The summed E-state index contributed by atoms with van der Waals surface area (Å²) in [5.74, 6) is 0.420. The molecule has 2 heterocycles. The van der Waals surface area contributed by atoms with Gasteiger partial charge in [0, 0.05) is 30.9 Å². The smallest absolute Gasteiger partial charge is 0.307 e. The zero-order chi connectivity index (χ0) is 15.2. The topological polar surface area (TPSA) is 56.1 Å². The van der Waals surface area contributed by atoms with Crippen LogP contribution in [0, 0.1) is 5.92 Å². The van der Waals surface area contributed by atoms with Crippen LogP contribution in [0.5, 0.6) is 0 Å². The Bertz CT molecular complexity index is 605. The third-order valence-electron chi connectivity index (χ3n) is 3.37. The van der Waals surface area contributed by atoms with E-state index in [9.17, 15) is 4.79 Å². The van der Waals surface area contributed by atoms with Crippen LogP contribution >= 0.6 is 0 Å². The molecule has 0 aliphatic carbocycles. The van der Waals surface area contributed by atoms with Gasteiger partial charge in [0.1, 0.15) is 5.65 Å². The van der Waals surface area contributed by atoms with Crippen LogP contribution in [0.1, 0.15) is 25.8 Å². The molecule has 2 aromatic rings. The number of aromatic nitrogens is 2. The van der Waals surface area contributed by atoms with Crippen molar-refractivity contribution in [2.75, 3.05) is 13.7 Å². The summed E-state index contributed by atoms with van der Waals surface area (Å²) in [4.78, 5) is 15.7. The van der Waals surface area contributed by atoms with Crippen molar-refractivity contribution in [3.63, 3.8) is 0 Å². The lowest BCUT2D eigenvalue weighted by Gasteiger charge is -2.06. The quantitative estimate of drug-likeness (QED) is 0.795. The predicted molar refractivity (Wildman–Crippen MR) is 82.9 cm³/mol. The molecule has 2 rings (SSSR count). The summed E-state index contributed by atoms with van der Waals surface area (Å²) in [6.07, 6.45) is 4.21. The minimum Gasteiger partial charge on any atom is -0.469 e. The van der Waals surface area contributed by atoms with Crippen LogP contribution in [0.15, 0.2) is 24.5 Å². The largest absolute Gasteiger partial charge is 0.469 e. The van der Waals surface area contributed by atoms with E-state index in [0.29, 0.717) is 18.9 Å². The van der Waals surface area contributed by atoms with Crippen LogP contribution in [0.4, 0.5) is 0 Å². The normalized spacial score (nSPS) is 11.2. The summed E-state index contributed by atoms with van der Waals surface area (Å²) in [5.41, 5.74) is 2.13. The molecule has 21 heavy (non-hydrogen) atoms. The molecule has 0 aromatic carbocycles. The van der Waals surface area contributed by atoms with Gasteiger partial charge in [-0.05, 0) is 30.2 Å². The second-order valence-corrected chi connectivity index (χ2v) is 5.57. The highest BCUT2D eigenvalue weighted by Gasteiger charge is 2.10. The zero-order valence-corrected chi connectivity index (χ0v) is 12.9. The Balaban J connectivity index is 2.15. The molecule has 1 N–H and O–H groups in total. The van der Waals surface area contributed by atoms with Crippen molar-refractivity contribution in [2.24, 2.45) is 5.92 Å². The maximum atomic E-state index is 11.3. The molecule has 0 saturated heterocycles. The molecule has 2 aromatic heterocycles. The van der Waals surface area contributed by atoms with Gasteiger partial charge in [0.05, 0.1) is 13.5 Å². The van der Waals surface area contributed by atoms with Crippen LogP contribution in [0.3, 0.4) is 0 Å². The Hall–Kier alpha value is -1.88. The van der Waals surface area contributed by atoms with Gasteiger partial charge in [-0.15, -0.1) is 0 Å². The monoisotopic (exact) mass is 289 g/mol. The molecule has 0 aliphatic heterocycles. The van der Waals surface area contributed by atoms with Gasteiger partial charge in [-0.25, -0.2) is 4.98 Å². The summed E-state index contributed by atoms with van der Waals surface area (Å²) >= 11 is 0. The first-order chi connectivity index (χ1) is 10.1. The van der Waals surface area contributed by atoms with Crippen molar-refractivity contribution in [1.82, 2.24) is 14.9 Å². The summed E-state index contributed by atoms with van der Waals surface area (Å²) in [6.45, 7) is 6.76. The van der Waals surface area contributed by atoms with Crippen LogP contribution in [-0.2, 0) is 22.6 Å². The number of ether oxygens (including phenoxy) is 1. The molecule has 0 saturated carbocycles. The maximum absolute atomic E-state index is 11.3. The Labute approximate surface area is 125 Å². The van der Waals surface area contributed by atoms with Crippen molar-refractivity contribution in [1.29, 1.82) is 0 Å². The van der Waals surface area contributed by atoms with Crippen LogP contribution in [0.25, 0.3) is 11.0 Å². The summed E-state index contributed by atoms with van der Waals surface area (Å²) in [5, 5.41) is 4.59. The molecule has 5 heteroatoms. The number of rotatable bonds is 7. The molecule has 0 spiro atoms. The molecule has 0 aliphatic rings. The molecular formula is C16H23N3O2. The number of hydrogen-bond donors (Lipinski definition) is 1. The van der Waals surface area contributed by atoms with E-state index in [1.807, 2.05) is 10.6 Å². The van der Waals surface area contributed by atoms with Crippen molar-refractivity contribution >= 4 is 17.0 Å². The lowest BCUT2D eigenvalue weighted by Crippen LogP contribution is -2.18. The van der Waals surface area contributed by atoms with E-state index >= 15 is 0 Å². The highest BCUT2D eigenvalue weighted by molar-refractivity contribution is 5.80. The van der Waals surface area contributed by atoms with Crippen molar-refractivity contribution in [3.8, 4) is 0 Å². The molecule has 0 radical (unpaired) electrons. The van der Waals surface area contributed by atoms with Gasteiger partial charge >= 0.3 is 5.97 Å². The van der Waals surface area contributed by atoms with Crippen molar-refractivity contribution < 1.29 is 9.53 Å². The van der Waals surface area contributed by atoms with Crippen LogP contribution in [0.2, 0.25) is 0 Å². The van der Waals surface area contributed by atoms with E-state index < -0.39 is 0 Å². The number of carbonyl (C=O) groups is 1. The average molecular weight is 289 g/mol. The lowest BCUT2D eigenvalue weighted by atomic mass is 10.2. The Morgan fingerprint density at radius 2 is 2.29 bits per heavy atom. The van der Waals surface area contributed by atoms with Gasteiger partial charge in [0.2, 0.25) is 0 Å². The van der Waals surface area contributed by atoms with Gasteiger partial charge < -0.3 is 14.6 Å². The van der Waals surface area contributed by atoms with E-state index in [4.69, 9.17) is 4.74 Å². The minimum atomic E-state index is -0.202. The number of pyridine rings is 1. The SMILES string of the molecule is COC(=O)CCn1cc(CNCC(C)C)c2cccnc21. The molecule has 0 fully saturated rings. The number of fused-ring (bicyclic) bond motifs is 1. The van der Waals surface area contributed by atoms with E-state index in [-0.39, 0.29) is 5.97 Å². The third kappa shape index (κ3) is 4.04. The van der Waals surface area contributed by atoms with E-state index in [2.05, 4.69) is 36.4 Å². The first-order valence-corrected chi connectivity index (χ1v) is 7.32. The molecule has 0 bridgehead atoms. The van der Waals surface area contributed by atoms with Gasteiger partial charge in [-0.3, -0.25) is 4.79 Å². The Morgan fingerprint density at radius 1 is 1.48 bits per heavy atom. The molecule has 0 atom stereocenters. The molecule has 0 amide bonds. The van der Waals surface area contributed by atoms with Crippen molar-refractivity contribution in [2.45, 2.75) is 33.4 Å². The number of esters is 1. The summed E-state index contributed by atoms with van der Waals surface area (Å²) in [7, 11) is 1.41. The van der Waals surface area contributed by atoms with Crippen LogP contribution < -0.4 is 5.32 Å². The van der Waals surface area contributed by atoms with Gasteiger partial charge in [0.25, 0.3) is 0 Å². The van der Waals surface area contributed by atoms with E-state index in [1.165, 1.54) is 12.7 Å². The second-order valence-electron chi connectivity index (χ2n) is 5.57. The lowest BCUT2D eigenvalue weighted by molar-refractivity contribution is -0.140. The average Bonchev–Trinajstić information content (AvgIpc) is 2.83. The number of carbonyl (C=O) groups excluding carboxylic acids is 1. The number of methoxy groups -OCH3 is 1. The van der Waals surface area contributed by atoms with Gasteiger partial charge in [-0.2, -0.15) is 0 Å². The first-order valence-electron chi connectivity index (χ1n) is 7.32. The highest BCUT2D eigenvalue weighted by atomic mass is 16.5. The highest BCUT2D eigenvalue weighted by Crippen LogP contribution is 2.19. The third-order valence-corrected chi connectivity index (χ3v) is 3.37. The van der Waals surface area contributed by atoms with Gasteiger partial charge in [-0.1, -0.05) is 13.8 Å².